The van der Waals surface area contributed by atoms with E-state index in [9.17, 15) is 15.0 Å². The highest BCUT2D eigenvalue weighted by molar-refractivity contribution is 9.10. The highest BCUT2D eigenvalue weighted by atomic mass is 79.9. The summed E-state index contributed by atoms with van der Waals surface area (Å²) in [6.07, 6.45) is 1.42. The number of rotatable bonds is 4. The second-order valence-electron chi connectivity index (χ2n) is 4.29. The topological polar surface area (TPSA) is 91.2 Å². The summed E-state index contributed by atoms with van der Waals surface area (Å²) in [7, 11) is 1.47. The number of carbonyl (C=O) groups excluding carboxylic acids is 1. The molecule has 114 valence electrons. The number of amides is 1. The molecule has 2 aromatic carbocycles. The number of nitrogens with one attached hydrogen (secondary N) is 1. The van der Waals surface area contributed by atoms with Gasteiger partial charge in [0.25, 0.3) is 5.91 Å². The Morgan fingerprint density at radius 3 is 2.64 bits per heavy atom. The minimum atomic E-state index is -0.547. The average molecular weight is 365 g/mol. The molecule has 0 saturated heterocycles. The number of phenols is 2. The first kappa shape index (κ1) is 15.8. The van der Waals surface area contributed by atoms with Crippen LogP contribution in [0.3, 0.4) is 0 Å². The van der Waals surface area contributed by atoms with Gasteiger partial charge < -0.3 is 14.9 Å². The summed E-state index contributed by atoms with van der Waals surface area (Å²) in [5.74, 6) is -0.176. The fraction of sp³-hybridized carbons (Fsp3) is 0.0667. The van der Waals surface area contributed by atoms with E-state index in [0.717, 1.165) is 0 Å². The van der Waals surface area contributed by atoms with E-state index < -0.39 is 5.91 Å². The number of carbonyl (C=O) groups is 1. The lowest BCUT2D eigenvalue weighted by atomic mass is 10.2. The van der Waals surface area contributed by atoms with Crippen LogP contribution in [0.2, 0.25) is 0 Å². The molecule has 3 N–H and O–H groups in total. The highest BCUT2D eigenvalue weighted by Gasteiger charge is 2.11. The molecule has 0 saturated carbocycles. The van der Waals surface area contributed by atoms with Crippen molar-refractivity contribution < 1.29 is 19.7 Å². The smallest absolute Gasteiger partial charge is 0.275 e. The molecule has 7 heteroatoms. The van der Waals surface area contributed by atoms with Crippen molar-refractivity contribution in [2.45, 2.75) is 0 Å². The van der Waals surface area contributed by atoms with E-state index in [0.29, 0.717) is 15.8 Å². The minimum Gasteiger partial charge on any atom is -0.507 e. The van der Waals surface area contributed by atoms with Crippen LogP contribution >= 0.6 is 15.9 Å². The summed E-state index contributed by atoms with van der Waals surface area (Å²) in [6.45, 7) is 0. The number of methoxy groups -OCH3 is 1. The van der Waals surface area contributed by atoms with Gasteiger partial charge >= 0.3 is 0 Å². The van der Waals surface area contributed by atoms with Gasteiger partial charge in [0.15, 0.2) is 0 Å². The summed E-state index contributed by atoms with van der Waals surface area (Å²) >= 11 is 3.18. The first-order valence-electron chi connectivity index (χ1n) is 6.20. The van der Waals surface area contributed by atoms with Gasteiger partial charge in [0.2, 0.25) is 0 Å². The number of aromatic hydroxyl groups is 2. The van der Waals surface area contributed by atoms with Gasteiger partial charge in [-0.05, 0) is 51.8 Å². The fourth-order valence-corrected chi connectivity index (χ4v) is 2.06. The predicted molar refractivity (Wildman–Crippen MR) is 85.5 cm³/mol. The quantitative estimate of drug-likeness (QED) is 0.574. The van der Waals surface area contributed by atoms with Gasteiger partial charge in [0.05, 0.1) is 23.4 Å². The fourth-order valence-electron chi connectivity index (χ4n) is 1.66. The maximum atomic E-state index is 11.9. The summed E-state index contributed by atoms with van der Waals surface area (Å²) in [4.78, 5) is 11.9. The van der Waals surface area contributed by atoms with Gasteiger partial charge in [-0.2, -0.15) is 5.10 Å². The molecule has 0 unspecified atom stereocenters. The second kappa shape index (κ2) is 6.95. The van der Waals surface area contributed by atoms with Crippen LogP contribution in [-0.2, 0) is 0 Å². The number of benzene rings is 2. The summed E-state index contributed by atoms with van der Waals surface area (Å²) in [5, 5.41) is 22.9. The monoisotopic (exact) mass is 364 g/mol. The van der Waals surface area contributed by atoms with Crippen molar-refractivity contribution in [2.24, 2.45) is 5.10 Å². The van der Waals surface area contributed by atoms with Crippen molar-refractivity contribution in [2.75, 3.05) is 7.11 Å². The summed E-state index contributed by atoms with van der Waals surface area (Å²) in [6, 6.07) is 9.14. The van der Waals surface area contributed by atoms with Gasteiger partial charge in [-0.1, -0.05) is 0 Å². The van der Waals surface area contributed by atoms with E-state index in [2.05, 4.69) is 26.5 Å². The van der Waals surface area contributed by atoms with Crippen molar-refractivity contribution >= 4 is 28.1 Å². The number of hydrogen-bond donors (Lipinski definition) is 3. The van der Waals surface area contributed by atoms with Gasteiger partial charge in [-0.15, -0.1) is 0 Å². The van der Waals surface area contributed by atoms with Crippen molar-refractivity contribution in [1.82, 2.24) is 5.43 Å². The zero-order valence-electron chi connectivity index (χ0n) is 11.6. The lowest BCUT2D eigenvalue weighted by Gasteiger charge is -2.05. The van der Waals surface area contributed by atoms with Crippen molar-refractivity contribution in [3.8, 4) is 17.2 Å². The molecule has 0 fully saturated rings. The van der Waals surface area contributed by atoms with Gasteiger partial charge in [-0.25, -0.2) is 5.43 Å². The van der Waals surface area contributed by atoms with Crippen LogP contribution in [0, 0.1) is 0 Å². The van der Waals surface area contributed by atoms with E-state index >= 15 is 0 Å². The third-order valence-electron chi connectivity index (χ3n) is 2.80. The standard InChI is InChI=1S/C15H13BrN2O4/c1-22-10-3-4-11(14(20)7-10)15(21)18-17-8-9-2-5-13(19)12(16)6-9/h2-8,19-20H,1H3,(H,18,21)/b17-8-. The van der Waals surface area contributed by atoms with Crippen LogP contribution < -0.4 is 10.2 Å². The predicted octanol–water partition coefficient (Wildman–Crippen LogP) is 2.63. The molecule has 1 amide bonds. The molecule has 22 heavy (non-hydrogen) atoms. The Morgan fingerprint density at radius 2 is 2.00 bits per heavy atom. The molecule has 0 bridgehead atoms. The summed E-state index contributed by atoms with van der Waals surface area (Å²) in [5.41, 5.74) is 3.08. The Kier molecular flexibility index (Phi) is 5.00. The molecule has 0 heterocycles. The van der Waals surface area contributed by atoms with Crippen molar-refractivity contribution in [1.29, 1.82) is 0 Å². The average Bonchev–Trinajstić information content (AvgIpc) is 2.50. The third kappa shape index (κ3) is 3.76. The maximum Gasteiger partial charge on any atom is 0.275 e. The van der Waals surface area contributed by atoms with E-state index in [1.54, 1.807) is 18.2 Å². The van der Waals surface area contributed by atoms with Gasteiger partial charge in [0.1, 0.15) is 17.2 Å². The van der Waals surface area contributed by atoms with Crippen LogP contribution in [0.1, 0.15) is 15.9 Å². The van der Waals surface area contributed by atoms with E-state index in [4.69, 9.17) is 4.74 Å². The number of nitrogens with zero attached hydrogens (tertiary/aromatic N) is 1. The largest absolute Gasteiger partial charge is 0.507 e. The molecule has 2 rings (SSSR count). The number of hydrazone groups is 1. The van der Waals surface area contributed by atoms with Crippen LogP contribution in [-0.4, -0.2) is 29.4 Å². The number of hydrogen-bond acceptors (Lipinski definition) is 5. The van der Waals surface area contributed by atoms with Crippen molar-refractivity contribution in [3.05, 3.63) is 52.0 Å². The molecular formula is C15H13BrN2O4. The molecule has 0 radical (unpaired) electrons. The highest BCUT2D eigenvalue weighted by Crippen LogP contribution is 2.24. The summed E-state index contributed by atoms with van der Waals surface area (Å²) < 4.78 is 5.47. The Labute approximate surface area is 135 Å². The number of phenolic OH excluding ortho intramolecular Hbond substituents is 2. The molecule has 0 aromatic heterocycles. The molecule has 6 nitrogen and oxygen atoms in total. The van der Waals surface area contributed by atoms with Crippen molar-refractivity contribution in [3.63, 3.8) is 0 Å². The van der Waals surface area contributed by atoms with E-state index in [1.807, 2.05) is 0 Å². The maximum absolute atomic E-state index is 11.9. The molecule has 0 aliphatic heterocycles. The normalized spacial score (nSPS) is 10.6. The SMILES string of the molecule is COc1ccc(C(=O)N/N=C\c2ccc(O)c(Br)c2)c(O)c1. The third-order valence-corrected chi connectivity index (χ3v) is 3.44. The zero-order chi connectivity index (χ0) is 16.1. The van der Waals surface area contributed by atoms with Crippen LogP contribution in [0.25, 0.3) is 0 Å². The Bertz CT molecular complexity index is 731. The minimum absolute atomic E-state index is 0.0878. The molecule has 0 aliphatic rings. The van der Waals surface area contributed by atoms with Crippen LogP contribution in [0.5, 0.6) is 17.2 Å². The molecular weight excluding hydrogens is 352 g/mol. The Balaban J connectivity index is 2.06. The Morgan fingerprint density at radius 1 is 1.23 bits per heavy atom. The van der Waals surface area contributed by atoms with Crippen LogP contribution in [0.4, 0.5) is 0 Å². The molecule has 0 atom stereocenters. The molecule has 0 spiro atoms. The molecule has 2 aromatic rings. The molecule has 0 aliphatic carbocycles. The van der Waals surface area contributed by atoms with E-state index in [-0.39, 0.29) is 17.1 Å². The zero-order valence-corrected chi connectivity index (χ0v) is 13.2. The Hall–Kier alpha value is -2.54. The first-order chi connectivity index (χ1) is 10.5. The number of halogens is 1. The van der Waals surface area contributed by atoms with E-state index in [1.165, 1.54) is 31.5 Å². The van der Waals surface area contributed by atoms with Gasteiger partial charge in [0, 0.05) is 6.07 Å². The van der Waals surface area contributed by atoms with Gasteiger partial charge in [-0.3, -0.25) is 4.79 Å². The first-order valence-corrected chi connectivity index (χ1v) is 6.99. The number of ether oxygens (including phenoxy) is 1. The lowest BCUT2D eigenvalue weighted by Crippen LogP contribution is -2.17. The second-order valence-corrected chi connectivity index (χ2v) is 5.15. The lowest BCUT2D eigenvalue weighted by molar-refractivity contribution is 0.0952. The van der Waals surface area contributed by atoms with Crippen LogP contribution in [0.15, 0.2) is 46.0 Å².